The summed E-state index contributed by atoms with van der Waals surface area (Å²) >= 11 is 1.77. The van der Waals surface area contributed by atoms with Gasteiger partial charge in [0.15, 0.2) is 0 Å². The van der Waals surface area contributed by atoms with E-state index in [1.54, 1.807) is 23.7 Å². The van der Waals surface area contributed by atoms with E-state index in [4.69, 9.17) is 0 Å². The van der Waals surface area contributed by atoms with Crippen LogP contribution in [0.5, 0.6) is 0 Å². The summed E-state index contributed by atoms with van der Waals surface area (Å²) in [5, 5.41) is 5.56. The second-order valence-corrected chi connectivity index (χ2v) is 23.8. The van der Waals surface area contributed by atoms with E-state index in [2.05, 4.69) is 244 Å². The largest absolute Gasteiger partial charge is 0.365 e. The molecule has 0 unspecified atom stereocenters. The van der Waals surface area contributed by atoms with Crippen molar-refractivity contribution in [1.29, 1.82) is 0 Å². The lowest BCUT2D eigenvalue weighted by Crippen LogP contribution is -2.11. The summed E-state index contributed by atoms with van der Waals surface area (Å²) in [5.41, 5.74) is 11.7. The summed E-state index contributed by atoms with van der Waals surface area (Å²) in [7, 11) is 0. The van der Waals surface area contributed by atoms with Gasteiger partial charge in [0, 0.05) is 71.6 Å². The number of H-pyrrole nitrogens is 2. The number of aromatic nitrogens is 6. The van der Waals surface area contributed by atoms with Crippen LogP contribution >= 0.6 is 11.3 Å². The van der Waals surface area contributed by atoms with E-state index >= 15 is 0 Å². The molecule has 0 spiro atoms. The molecule has 2 aromatic carbocycles. The van der Waals surface area contributed by atoms with Crippen LogP contribution in [0.1, 0.15) is 158 Å². The van der Waals surface area contributed by atoms with Crippen molar-refractivity contribution in [3.8, 4) is 11.4 Å². The Bertz CT molecular complexity index is 2430. The first-order chi connectivity index (χ1) is 31.1. The summed E-state index contributed by atoms with van der Waals surface area (Å²) in [4.78, 5) is 23.0. The van der Waals surface area contributed by atoms with Gasteiger partial charge in [-0.1, -0.05) is 173 Å². The fourth-order valence-corrected chi connectivity index (χ4v) is 7.29. The lowest BCUT2D eigenvalue weighted by atomic mass is 9.85. The second kappa shape index (κ2) is 24.4. The van der Waals surface area contributed by atoms with E-state index in [0.29, 0.717) is 5.41 Å². The van der Waals surface area contributed by atoms with Crippen LogP contribution in [0.4, 0.5) is 0 Å². The molecular formula is C60H82N6S. The standard InChI is InChI=1S/C13H16N2.C13H15N.2C9H13N.C8H13N.C8H12S/c1-13(2,3)11-6-4-5-10(9-11)12-14-7-8-15-12;1-13(2,3)11-8-4-6-10-7-5-9-14-12(10)11;1-9(2,3)8-4-6-10-7-5-8;1-9(2,3)8-5-4-6-10-7-8;1-8(2,3)7-5-4-6-9-7;1-8(2,3)7-4-5-9-6-7/h4-9H,1-3H3,(H,14,15);4-9H,1-3H3;2*4-7H,1-3H3;4-6,9H,1-3H3;4-6H,1-3H3. The zero-order valence-electron chi connectivity index (χ0n) is 44.2. The van der Waals surface area contributed by atoms with Crippen LogP contribution in [-0.2, 0) is 32.5 Å². The molecule has 0 radical (unpaired) electrons. The van der Waals surface area contributed by atoms with Crippen LogP contribution in [0, 0.1) is 0 Å². The molecule has 0 atom stereocenters. The Labute approximate surface area is 409 Å². The van der Waals surface area contributed by atoms with Gasteiger partial charge in [0.25, 0.3) is 0 Å². The van der Waals surface area contributed by atoms with Crippen LogP contribution < -0.4 is 0 Å². The maximum atomic E-state index is 4.45. The van der Waals surface area contributed by atoms with E-state index in [1.807, 2.05) is 55.4 Å². The number of benzene rings is 2. The van der Waals surface area contributed by atoms with Gasteiger partial charge < -0.3 is 9.97 Å². The topological polar surface area (TPSA) is 83.1 Å². The first kappa shape index (κ1) is 55.7. The van der Waals surface area contributed by atoms with Gasteiger partial charge in [0.1, 0.15) is 5.82 Å². The third-order valence-electron chi connectivity index (χ3n) is 10.8. The van der Waals surface area contributed by atoms with E-state index < -0.39 is 0 Å². The van der Waals surface area contributed by atoms with Crippen LogP contribution in [0.25, 0.3) is 22.3 Å². The summed E-state index contributed by atoms with van der Waals surface area (Å²) in [6, 6.07) is 33.5. The molecule has 0 aliphatic carbocycles. The van der Waals surface area contributed by atoms with Crippen molar-refractivity contribution in [2.24, 2.45) is 0 Å². The van der Waals surface area contributed by atoms with Gasteiger partial charge >= 0.3 is 0 Å². The maximum Gasteiger partial charge on any atom is 0.137 e. The van der Waals surface area contributed by atoms with Crippen LogP contribution in [0.3, 0.4) is 0 Å². The molecule has 8 aromatic rings. The quantitative estimate of drug-likeness (QED) is 0.172. The Morgan fingerprint density at radius 2 is 1.01 bits per heavy atom. The highest BCUT2D eigenvalue weighted by molar-refractivity contribution is 7.08. The average molecular weight is 919 g/mol. The summed E-state index contributed by atoms with van der Waals surface area (Å²) in [5.74, 6) is 0.932. The lowest BCUT2D eigenvalue weighted by molar-refractivity contribution is 0.573. The Balaban J connectivity index is 0.000000216. The van der Waals surface area contributed by atoms with Gasteiger partial charge in [-0.25, -0.2) is 4.98 Å². The van der Waals surface area contributed by atoms with Crippen molar-refractivity contribution < 1.29 is 0 Å². The molecule has 0 fully saturated rings. The number of rotatable bonds is 1. The summed E-state index contributed by atoms with van der Waals surface area (Å²) in [6.45, 7) is 39.7. The molecule has 6 aromatic heterocycles. The number of aromatic amines is 2. The second-order valence-electron chi connectivity index (χ2n) is 23.0. The number of thiophene rings is 1. The van der Waals surface area contributed by atoms with Crippen molar-refractivity contribution in [3.05, 3.63) is 191 Å². The third kappa shape index (κ3) is 19.6. The maximum absolute atomic E-state index is 4.45. The molecule has 358 valence electrons. The highest BCUT2D eigenvalue weighted by Gasteiger charge is 2.18. The number of nitrogens with zero attached hydrogens (tertiary/aromatic N) is 4. The summed E-state index contributed by atoms with van der Waals surface area (Å²) in [6.07, 6.45) is 14.8. The minimum Gasteiger partial charge on any atom is -0.365 e. The molecule has 6 heterocycles. The molecule has 6 nitrogen and oxygen atoms in total. The lowest BCUT2D eigenvalue weighted by Gasteiger charge is -2.20. The molecule has 67 heavy (non-hydrogen) atoms. The van der Waals surface area contributed by atoms with E-state index in [9.17, 15) is 0 Å². The zero-order valence-corrected chi connectivity index (χ0v) is 45.0. The normalized spacial score (nSPS) is 11.7. The van der Waals surface area contributed by atoms with Crippen LogP contribution in [-0.4, -0.2) is 29.9 Å². The molecule has 0 aliphatic rings. The highest BCUT2D eigenvalue weighted by atomic mass is 32.1. The Hall–Kier alpha value is -5.66. The Morgan fingerprint density at radius 3 is 1.45 bits per heavy atom. The molecule has 7 heteroatoms. The summed E-state index contributed by atoms with van der Waals surface area (Å²) < 4.78 is 0. The predicted octanol–water partition coefficient (Wildman–Crippen LogP) is 17.0. The van der Waals surface area contributed by atoms with E-state index in [-0.39, 0.29) is 27.1 Å². The smallest absolute Gasteiger partial charge is 0.137 e. The number of para-hydroxylation sites is 1. The zero-order chi connectivity index (χ0) is 50.1. The highest BCUT2D eigenvalue weighted by Crippen LogP contribution is 2.29. The molecule has 0 aliphatic heterocycles. The number of pyridine rings is 3. The number of hydrogen-bond donors (Lipinski definition) is 2. The average Bonchev–Trinajstić information content (AvgIpc) is 4.10. The van der Waals surface area contributed by atoms with Gasteiger partial charge in [0.05, 0.1) is 5.52 Å². The molecule has 0 saturated heterocycles. The predicted molar refractivity (Wildman–Crippen MR) is 292 cm³/mol. The number of nitrogens with one attached hydrogen (secondary N) is 2. The minimum atomic E-state index is 0.161. The van der Waals surface area contributed by atoms with E-state index in [0.717, 1.165) is 16.9 Å². The van der Waals surface area contributed by atoms with Gasteiger partial charge in [-0.3, -0.25) is 15.0 Å². The minimum absolute atomic E-state index is 0.161. The van der Waals surface area contributed by atoms with Crippen LogP contribution in [0.15, 0.2) is 157 Å². The Kier molecular flexibility index (Phi) is 20.3. The van der Waals surface area contributed by atoms with Crippen molar-refractivity contribution in [1.82, 2.24) is 29.9 Å². The van der Waals surface area contributed by atoms with E-state index in [1.165, 1.54) is 38.9 Å². The number of hydrogen-bond acceptors (Lipinski definition) is 5. The molecule has 8 rings (SSSR count). The van der Waals surface area contributed by atoms with Crippen molar-refractivity contribution in [2.45, 2.75) is 157 Å². The molecule has 2 N–H and O–H groups in total. The molecule has 0 amide bonds. The van der Waals surface area contributed by atoms with Crippen molar-refractivity contribution in [2.75, 3.05) is 0 Å². The Morgan fingerprint density at radius 1 is 0.418 bits per heavy atom. The van der Waals surface area contributed by atoms with Gasteiger partial charge in [0.2, 0.25) is 0 Å². The van der Waals surface area contributed by atoms with Gasteiger partial charge in [-0.05, 0) is 114 Å². The van der Waals surface area contributed by atoms with Crippen LogP contribution in [0.2, 0.25) is 0 Å². The van der Waals surface area contributed by atoms with Crippen molar-refractivity contribution in [3.63, 3.8) is 0 Å². The fourth-order valence-electron chi connectivity index (χ4n) is 6.41. The number of imidazole rings is 1. The molecule has 0 bridgehead atoms. The first-order valence-corrected chi connectivity index (χ1v) is 24.4. The molecule has 0 saturated carbocycles. The fraction of sp³-hybridized carbons (Fsp3) is 0.400. The van der Waals surface area contributed by atoms with Gasteiger partial charge in [-0.15, -0.1) is 0 Å². The number of fused-ring (bicyclic) bond motifs is 1. The monoisotopic (exact) mass is 919 g/mol. The van der Waals surface area contributed by atoms with Crippen molar-refractivity contribution >= 4 is 22.2 Å². The first-order valence-electron chi connectivity index (χ1n) is 23.5. The SMILES string of the molecule is CC(C)(C)c1ccc[nH]1.CC(C)(C)c1cccc(-c2ncc[nH]2)c1.CC(C)(C)c1cccc2cccnc12.CC(C)(C)c1cccnc1.CC(C)(C)c1ccncc1.CC(C)(C)c1ccsc1. The third-order valence-corrected chi connectivity index (χ3v) is 11.5. The molecular weight excluding hydrogens is 837 g/mol. The van der Waals surface area contributed by atoms with Gasteiger partial charge in [-0.2, -0.15) is 11.3 Å².